The molecule has 0 radical (unpaired) electrons. The quantitative estimate of drug-likeness (QED) is 0.516. The number of benzene rings is 2. The summed E-state index contributed by atoms with van der Waals surface area (Å²) in [6.45, 7) is 2.44. The number of rotatable bonds is 6. The maximum absolute atomic E-state index is 13.6. The fraction of sp³-hybridized carbons (Fsp3) is 0.308. The predicted octanol–water partition coefficient (Wildman–Crippen LogP) is 3.47. The van der Waals surface area contributed by atoms with Crippen molar-refractivity contribution in [3.63, 3.8) is 0 Å². The van der Waals surface area contributed by atoms with Gasteiger partial charge in [-0.05, 0) is 42.2 Å². The molecule has 2 aliphatic rings. The lowest BCUT2D eigenvalue weighted by molar-refractivity contribution is 0.0726. The monoisotopic (exact) mass is 461 g/mol. The predicted molar refractivity (Wildman–Crippen MR) is 126 cm³/mol. The number of pyridine rings is 1. The average molecular weight is 462 g/mol. The number of fused-ring (bicyclic) bond motifs is 1. The SMILES string of the molecule is O=C(c1c(O)cc(O)cc1OCc1ccccn1)N1CCc2cccc(N[C@H]3CCOC3)c2C1. The van der Waals surface area contributed by atoms with Gasteiger partial charge in [-0.15, -0.1) is 0 Å². The highest BCUT2D eigenvalue weighted by atomic mass is 16.5. The Balaban J connectivity index is 1.39. The molecule has 3 heterocycles. The number of carbonyl (C=O) groups is 1. The summed E-state index contributed by atoms with van der Waals surface area (Å²) in [6, 6.07) is 14.4. The molecule has 34 heavy (non-hydrogen) atoms. The standard InChI is InChI=1S/C26H27N3O5/c30-20-12-23(31)25(24(13-20)34-16-18-5-1-2-9-27-18)26(32)29-10-7-17-4-3-6-22(21(17)14-29)28-19-8-11-33-15-19/h1-6,9,12-13,19,28,30-31H,7-8,10-11,14-16H2/t19-/m0/s1. The van der Waals surface area contributed by atoms with Crippen molar-refractivity contribution in [1.29, 1.82) is 0 Å². The van der Waals surface area contributed by atoms with Crippen LogP contribution in [0.25, 0.3) is 0 Å². The van der Waals surface area contributed by atoms with Crippen molar-refractivity contribution in [2.24, 2.45) is 0 Å². The molecule has 3 aromatic rings. The Morgan fingerprint density at radius 3 is 2.91 bits per heavy atom. The zero-order valence-electron chi connectivity index (χ0n) is 18.7. The van der Waals surface area contributed by atoms with Gasteiger partial charge in [-0.2, -0.15) is 0 Å². The van der Waals surface area contributed by atoms with E-state index in [4.69, 9.17) is 9.47 Å². The van der Waals surface area contributed by atoms with E-state index < -0.39 is 0 Å². The molecule has 2 aliphatic heterocycles. The number of phenolic OH excluding ortho intramolecular Hbond substituents is 2. The average Bonchev–Trinajstić information content (AvgIpc) is 3.36. The first-order valence-corrected chi connectivity index (χ1v) is 11.4. The highest BCUT2D eigenvalue weighted by molar-refractivity contribution is 6.00. The smallest absolute Gasteiger partial charge is 0.261 e. The number of anilines is 1. The maximum atomic E-state index is 13.6. The molecule has 176 valence electrons. The van der Waals surface area contributed by atoms with Gasteiger partial charge in [-0.1, -0.05) is 18.2 Å². The van der Waals surface area contributed by atoms with Gasteiger partial charge in [0.05, 0.1) is 18.3 Å². The molecule has 0 unspecified atom stereocenters. The highest BCUT2D eigenvalue weighted by Gasteiger charge is 2.29. The molecule has 0 aliphatic carbocycles. The van der Waals surface area contributed by atoms with Gasteiger partial charge in [-0.3, -0.25) is 9.78 Å². The second kappa shape index (κ2) is 9.61. The Kier molecular flexibility index (Phi) is 6.22. The van der Waals surface area contributed by atoms with Crippen LogP contribution in [0, 0.1) is 0 Å². The van der Waals surface area contributed by atoms with E-state index in [-0.39, 0.29) is 41.4 Å². The first kappa shape index (κ1) is 22.0. The minimum atomic E-state index is -0.349. The topological polar surface area (TPSA) is 104 Å². The van der Waals surface area contributed by atoms with E-state index in [2.05, 4.69) is 16.4 Å². The highest BCUT2D eigenvalue weighted by Crippen LogP contribution is 2.36. The van der Waals surface area contributed by atoms with Crippen molar-refractivity contribution >= 4 is 11.6 Å². The van der Waals surface area contributed by atoms with Gasteiger partial charge in [0.25, 0.3) is 5.91 Å². The van der Waals surface area contributed by atoms with Gasteiger partial charge in [-0.25, -0.2) is 0 Å². The molecule has 8 heteroatoms. The van der Waals surface area contributed by atoms with Gasteiger partial charge in [0, 0.05) is 43.7 Å². The fourth-order valence-corrected chi connectivity index (χ4v) is 4.47. The first-order chi connectivity index (χ1) is 16.6. The summed E-state index contributed by atoms with van der Waals surface area (Å²) < 4.78 is 11.3. The van der Waals surface area contributed by atoms with Crippen molar-refractivity contribution in [3.05, 3.63) is 77.1 Å². The second-order valence-corrected chi connectivity index (χ2v) is 8.57. The van der Waals surface area contributed by atoms with Crippen LogP contribution in [0.15, 0.2) is 54.7 Å². The number of nitrogens with zero attached hydrogens (tertiary/aromatic N) is 2. The van der Waals surface area contributed by atoms with E-state index in [1.165, 1.54) is 11.6 Å². The molecule has 1 aromatic heterocycles. The van der Waals surface area contributed by atoms with E-state index in [0.29, 0.717) is 31.8 Å². The van der Waals surface area contributed by atoms with Gasteiger partial charge >= 0.3 is 0 Å². The van der Waals surface area contributed by atoms with Crippen molar-refractivity contribution in [3.8, 4) is 17.2 Å². The van der Waals surface area contributed by atoms with Crippen molar-refractivity contribution in [1.82, 2.24) is 9.88 Å². The third-order valence-electron chi connectivity index (χ3n) is 6.23. The molecule has 1 fully saturated rings. The zero-order chi connectivity index (χ0) is 23.5. The van der Waals surface area contributed by atoms with Crippen LogP contribution in [-0.2, 0) is 24.3 Å². The largest absolute Gasteiger partial charge is 0.508 e. The molecule has 8 nitrogen and oxygen atoms in total. The summed E-state index contributed by atoms with van der Waals surface area (Å²) in [4.78, 5) is 19.5. The molecule has 1 saturated heterocycles. The van der Waals surface area contributed by atoms with Gasteiger partial charge in [0.15, 0.2) is 0 Å². The molecule has 5 rings (SSSR count). The fourth-order valence-electron chi connectivity index (χ4n) is 4.47. The van der Waals surface area contributed by atoms with Crippen LogP contribution in [0.4, 0.5) is 5.69 Å². The van der Waals surface area contributed by atoms with Crippen LogP contribution in [0.5, 0.6) is 17.2 Å². The lowest BCUT2D eigenvalue weighted by atomic mass is 9.96. The Morgan fingerprint density at radius 2 is 2.12 bits per heavy atom. The van der Waals surface area contributed by atoms with Crippen LogP contribution in [0.2, 0.25) is 0 Å². The number of aromatic nitrogens is 1. The molecule has 0 spiro atoms. The van der Waals surface area contributed by atoms with Crippen molar-refractivity contribution in [2.45, 2.75) is 32.0 Å². The number of hydrogen-bond donors (Lipinski definition) is 3. The van der Waals surface area contributed by atoms with Crippen LogP contribution >= 0.6 is 0 Å². The lowest BCUT2D eigenvalue weighted by Crippen LogP contribution is -2.37. The van der Waals surface area contributed by atoms with Gasteiger partial charge in [0.2, 0.25) is 0 Å². The van der Waals surface area contributed by atoms with Crippen LogP contribution in [0.1, 0.15) is 33.6 Å². The molecule has 1 atom stereocenters. The number of aromatic hydroxyl groups is 2. The molecule has 3 N–H and O–H groups in total. The summed E-state index contributed by atoms with van der Waals surface area (Å²) in [5.74, 6) is -0.729. The number of phenols is 2. The second-order valence-electron chi connectivity index (χ2n) is 8.57. The zero-order valence-corrected chi connectivity index (χ0v) is 18.7. The van der Waals surface area contributed by atoms with E-state index in [9.17, 15) is 15.0 Å². The lowest BCUT2D eigenvalue weighted by Gasteiger charge is -2.31. The van der Waals surface area contributed by atoms with E-state index in [0.717, 1.165) is 30.3 Å². The number of carbonyl (C=O) groups excluding carboxylic acids is 1. The van der Waals surface area contributed by atoms with Crippen LogP contribution in [-0.4, -0.2) is 51.8 Å². The summed E-state index contributed by atoms with van der Waals surface area (Å²) in [7, 11) is 0. The van der Waals surface area contributed by atoms with E-state index in [1.54, 1.807) is 23.2 Å². The Bertz CT molecular complexity index is 1180. The third-order valence-corrected chi connectivity index (χ3v) is 6.23. The first-order valence-electron chi connectivity index (χ1n) is 11.4. The number of hydrogen-bond acceptors (Lipinski definition) is 7. The Labute approximate surface area is 197 Å². The summed E-state index contributed by atoms with van der Waals surface area (Å²) in [5, 5.41) is 24.2. The van der Waals surface area contributed by atoms with Gasteiger partial charge < -0.3 is 29.9 Å². The van der Waals surface area contributed by atoms with E-state index in [1.807, 2.05) is 18.2 Å². The number of nitrogens with one attached hydrogen (secondary N) is 1. The van der Waals surface area contributed by atoms with E-state index >= 15 is 0 Å². The summed E-state index contributed by atoms with van der Waals surface area (Å²) in [6.07, 6.45) is 3.31. The number of amides is 1. The minimum absolute atomic E-state index is 0.0341. The van der Waals surface area contributed by atoms with Crippen molar-refractivity contribution in [2.75, 3.05) is 25.1 Å². The molecule has 2 aromatic carbocycles. The van der Waals surface area contributed by atoms with Crippen molar-refractivity contribution < 1.29 is 24.5 Å². The molecular formula is C26H27N3O5. The molecule has 0 bridgehead atoms. The molecule has 0 saturated carbocycles. The maximum Gasteiger partial charge on any atom is 0.261 e. The molecule has 1 amide bonds. The normalized spacial score (nSPS) is 17.3. The van der Waals surface area contributed by atoms with Crippen LogP contribution < -0.4 is 10.1 Å². The van der Waals surface area contributed by atoms with Gasteiger partial charge in [0.1, 0.15) is 29.4 Å². The Hall–Kier alpha value is -3.78. The minimum Gasteiger partial charge on any atom is -0.508 e. The summed E-state index contributed by atoms with van der Waals surface area (Å²) >= 11 is 0. The van der Waals surface area contributed by atoms with Crippen LogP contribution in [0.3, 0.4) is 0 Å². The Morgan fingerprint density at radius 1 is 1.21 bits per heavy atom. The molecular weight excluding hydrogens is 434 g/mol. The summed E-state index contributed by atoms with van der Waals surface area (Å²) in [5.41, 5.74) is 3.99. The third kappa shape index (κ3) is 4.63. The number of ether oxygens (including phenoxy) is 2.